The van der Waals surface area contributed by atoms with Crippen molar-refractivity contribution in [3.8, 4) is 5.75 Å². The van der Waals surface area contributed by atoms with Crippen molar-refractivity contribution in [3.63, 3.8) is 0 Å². The summed E-state index contributed by atoms with van der Waals surface area (Å²) in [6, 6.07) is 8.74. The van der Waals surface area contributed by atoms with Crippen LogP contribution in [-0.4, -0.2) is 31.5 Å². The van der Waals surface area contributed by atoms with Gasteiger partial charge in [0.05, 0.1) is 19.3 Å². The maximum Gasteiger partial charge on any atom is 0.238 e. The number of rotatable bonds is 6. The number of nitrogens with zero attached hydrogens (tertiary/aromatic N) is 1. The number of benzene rings is 2. The molecule has 0 bridgehead atoms. The lowest BCUT2D eigenvalue weighted by molar-refractivity contribution is -0.117. The Bertz CT molecular complexity index is 735. The van der Waals surface area contributed by atoms with Gasteiger partial charge in [-0.3, -0.25) is 9.69 Å². The van der Waals surface area contributed by atoms with Crippen LogP contribution in [0.1, 0.15) is 11.1 Å². The Morgan fingerprint density at radius 1 is 1.21 bits per heavy atom. The summed E-state index contributed by atoms with van der Waals surface area (Å²) in [6.45, 7) is 2.50. The summed E-state index contributed by atoms with van der Waals surface area (Å²) in [4.78, 5) is 13.8. The number of likely N-dealkylation sites (N-methyl/N-ethyl adjacent to an activating group) is 1. The zero-order valence-corrected chi connectivity index (χ0v) is 13.9. The average molecular weight is 334 g/mol. The van der Waals surface area contributed by atoms with Crippen LogP contribution in [-0.2, 0) is 11.3 Å². The number of methoxy groups -OCH3 is 1. The molecule has 4 nitrogen and oxygen atoms in total. The Morgan fingerprint density at radius 3 is 2.67 bits per heavy atom. The second-order valence-electron chi connectivity index (χ2n) is 5.66. The van der Waals surface area contributed by atoms with Crippen molar-refractivity contribution < 1.29 is 18.3 Å². The van der Waals surface area contributed by atoms with Gasteiger partial charge in [0.25, 0.3) is 0 Å². The maximum absolute atomic E-state index is 13.5. The molecular weight excluding hydrogens is 314 g/mol. The van der Waals surface area contributed by atoms with Gasteiger partial charge in [-0.05, 0) is 32.2 Å². The van der Waals surface area contributed by atoms with Crippen LogP contribution >= 0.6 is 0 Å². The zero-order valence-electron chi connectivity index (χ0n) is 13.9. The van der Waals surface area contributed by atoms with E-state index in [4.69, 9.17) is 4.74 Å². The summed E-state index contributed by atoms with van der Waals surface area (Å²) in [5.41, 5.74) is 1.87. The van der Waals surface area contributed by atoms with Gasteiger partial charge in [0.2, 0.25) is 5.91 Å². The monoisotopic (exact) mass is 334 g/mol. The Hall–Kier alpha value is -2.47. The molecule has 0 aliphatic heterocycles. The molecule has 1 N–H and O–H groups in total. The molecule has 6 heteroatoms. The summed E-state index contributed by atoms with van der Waals surface area (Å²) in [6.07, 6.45) is 0. The number of ether oxygens (including phenoxy) is 1. The van der Waals surface area contributed by atoms with Crippen LogP contribution in [0.2, 0.25) is 0 Å². The molecular formula is C18H20F2N2O2. The van der Waals surface area contributed by atoms with Crippen LogP contribution in [0, 0.1) is 18.6 Å². The van der Waals surface area contributed by atoms with E-state index in [1.807, 2.05) is 25.1 Å². The molecule has 24 heavy (non-hydrogen) atoms. The number of carbonyl (C=O) groups excluding carboxylic acids is 1. The third-order valence-electron chi connectivity index (χ3n) is 3.49. The molecule has 0 aromatic heterocycles. The van der Waals surface area contributed by atoms with Gasteiger partial charge in [0.15, 0.2) is 0 Å². The molecule has 0 spiro atoms. The lowest BCUT2D eigenvalue weighted by Crippen LogP contribution is -2.30. The summed E-state index contributed by atoms with van der Waals surface area (Å²) in [5, 5.41) is 2.38. The lowest BCUT2D eigenvalue weighted by atomic mass is 10.1. The first-order valence-electron chi connectivity index (χ1n) is 7.46. The first kappa shape index (κ1) is 17.9. The van der Waals surface area contributed by atoms with E-state index in [-0.39, 0.29) is 12.2 Å². The molecule has 0 aliphatic rings. The fraction of sp³-hybridized carbons (Fsp3) is 0.278. The number of hydrogen-bond acceptors (Lipinski definition) is 3. The molecule has 2 rings (SSSR count). The smallest absolute Gasteiger partial charge is 0.238 e. The van der Waals surface area contributed by atoms with Gasteiger partial charge in [-0.1, -0.05) is 17.7 Å². The van der Waals surface area contributed by atoms with Crippen molar-refractivity contribution in [3.05, 3.63) is 59.2 Å². The predicted molar refractivity (Wildman–Crippen MR) is 89.1 cm³/mol. The van der Waals surface area contributed by atoms with Crippen LogP contribution in [0.25, 0.3) is 0 Å². The molecule has 0 heterocycles. The summed E-state index contributed by atoms with van der Waals surface area (Å²) >= 11 is 0. The SMILES string of the molecule is COc1ccc(C)cc1CN(C)CC(=O)Nc1cc(F)ccc1F. The molecule has 128 valence electrons. The number of halogens is 2. The Morgan fingerprint density at radius 2 is 1.96 bits per heavy atom. The summed E-state index contributed by atoms with van der Waals surface area (Å²) < 4.78 is 32.0. The van der Waals surface area contributed by atoms with Gasteiger partial charge in [-0.2, -0.15) is 0 Å². The number of aryl methyl sites for hydroxylation is 1. The quantitative estimate of drug-likeness (QED) is 0.881. The molecule has 0 aliphatic carbocycles. The maximum atomic E-state index is 13.5. The summed E-state index contributed by atoms with van der Waals surface area (Å²) in [5.74, 6) is -0.963. The van der Waals surface area contributed by atoms with E-state index in [1.54, 1.807) is 19.1 Å². The fourth-order valence-corrected chi connectivity index (χ4v) is 2.41. The highest BCUT2D eigenvalue weighted by Crippen LogP contribution is 2.21. The fourth-order valence-electron chi connectivity index (χ4n) is 2.41. The van der Waals surface area contributed by atoms with E-state index in [0.29, 0.717) is 6.54 Å². The largest absolute Gasteiger partial charge is 0.496 e. The normalized spacial score (nSPS) is 10.8. The second kappa shape index (κ2) is 7.88. The van der Waals surface area contributed by atoms with E-state index < -0.39 is 17.5 Å². The van der Waals surface area contributed by atoms with Gasteiger partial charge < -0.3 is 10.1 Å². The first-order chi connectivity index (χ1) is 11.4. The summed E-state index contributed by atoms with van der Waals surface area (Å²) in [7, 11) is 3.36. The van der Waals surface area contributed by atoms with Crippen molar-refractivity contribution in [1.29, 1.82) is 0 Å². The Labute approximate surface area is 140 Å². The van der Waals surface area contributed by atoms with Crippen molar-refractivity contribution in [2.45, 2.75) is 13.5 Å². The Balaban J connectivity index is 1.99. The van der Waals surface area contributed by atoms with E-state index in [1.165, 1.54) is 0 Å². The zero-order chi connectivity index (χ0) is 17.7. The van der Waals surface area contributed by atoms with Crippen molar-refractivity contribution >= 4 is 11.6 Å². The molecule has 1 amide bonds. The topological polar surface area (TPSA) is 41.6 Å². The first-order valence-corrected chi connectivity index (χ1v) is 7.46. The van der Waals surface area contributed by atoms with Gasteiger partial charge in [0.1, 0.15) is 17.4 Å². The number of nitrogens with one attached hydrogen (secondary N) is 1. The van der Waals surface area contributed by atoms with E-state index in [2.05, 4.69) is 5.32 Å². The van der Waals surface area contributed by atoms with E-state index in [9.17, 15) is 13.6 Å². The minimum absolute atomic E-state index is 0.0348. The molecule has 2 aromatic carbocycles. The molecule has 0 fully saturated rings. The molecule has 0 saturated heterocycles. The number of carbonyl (C=O) groups is 1. The minimum atomic E-state index is -0.673. The van der Waals surface area contributed by atoms with Crippen molar-refractivity contribution in [1.82, 2.24) is 4.90 Å². The van der Waals surface area contributed by atoms with Crippen molar-refractivity contribution in [2.75, 3.05) is 26.0 Å². The molecule has 0 atom stereocenters. The number of anilines is 1. The third kappa shape index (κ3) is 4.76. The van der Waals surface area contributed by atoms with Gasteiger partial charge in [-0.25, -0.2) is 8.78 Å². The molecule has 0 saturated carbocycles. The molecule has 0 unspecified atom stereocenters. The predicted octanol–water partition coefficient (Wildman–Crippen LogP) is 3.35. The van der Waals surface area contributed by atoms with Gasteiger partial charge >= 0.3 is 0 Å². The number of amides is 1. The van der Waals surface area contributed by atoms with Crippen LogP contribution in [0.3, 0.4) is 0 Å². The molecule has 0 radical (unpaired) electrons. The van der Waals surface area contributed by atoms with Gasteiger partial charge in [0, 0.05) is 18.2 Å². The highest BCUT2D eigenvalue weighted by molar-refractivity contribution is 5.92. The highest BCUT2D eigenvalue weighted by Gasteiger charge is 2.12. The van der Waals surface area contributed by atoms with Crippen LogP contribution in [0.5, 0.6) is 5.75 Å². The van der Waals surface area contributed by atoms with Crippen LogP contribution in [0.4, 0.5) is 14.5 Å². The average Bonchev–Trinajstić information content (AvgIpc) is 2.51. The molecule has 2 aromatic rings. The standard InChI is InChI=1S/C18H20F2N2O2/c1-12-4-7-17(24-3)13(8-12)10-22(2)11-18(23)21-16-9-14(19)5-6-15(16)20/h4-9H,10-11H2,1-3H3,(H,21,23). The van der Waals surface area contributed by atoms with Crippen LogP contribution < -0.4 is 10.1 Å². The highest BCUT2D eigenvalue weighted by atomic mass is 19.1. The lowest BCUT2D eigenvalue weighted by Gasteiger charge is -2.18. The van der Waals surface area contributed by atoms with E-state index >= 15 is 0 Å². The second-order valence-corrected chi connectivity index (χ2v) is 5.66. The van der Waals surface area contributed by atoms with Crippen LogP contribution in [0.15, 0.2) is 36.4 Å². The third-order valence-corrected chi connectivity index (χ3v) is 3.49. The minimum Gasteiger partial charge on any atom is -0.496 e. The Kier molecular flexibility index (Phi) is 5.87. The van der Waals surface area contributed by atoms with Gasteiger partial charge in [-0.15, -0.1) is 0 Å². The van der Waals surface area contributed by atoms with Crippen molar-refractivity contribution in [2.24, 2.45) is 0 Å². The number of hydrogen-bond donors (Lipinski definition) is 1. The van der Waals surface area contributed by atoms with E-state index in [0.717, 1.165) is 35.1 Å².